The molecule has 1 aliphatic rings. The number of unbranched alkanes of at least 4 members (excludes halogenated alkanes) is 1. The van der Waals surface area contributed by atoms with Gasteiger partial charge in [0.2, 0.25) is 5.91 Å². The lowest BCUT2D eigenvalue weighted by molar-refractivity contribution is -0.149. The molecule has 0 aromatic heterocycles. The molecule has 2 N–H and O–H groups in total. The first-order chi connectivity index (χ1) is 8.19. The lowest BCUT2D eigenvalue weighted by atomic mass is 10.2. The second-order valence-electron chi connectivity index (χ2n) is 4.30. The average molecular weight is 242 g/mol. The smallest absolute Gasteiger partial charge is 0.325 e. The van der Waals surface area contributed by atoms with Crippen molar-refractivity contribution in [3.63, 3.8) is 0 Å². The molecule has 0 aromatic carbocycles. The Kier molecular flexibility index (Phi) is 5.97. The Morgan fingerprint density at radius 2 is 2.06 bits per heavy atom. The molecule has 0 bridgehead atoms. The molecule has 1 fully saturated rings. The predicted octanol–water partition coefficient (Wildman–Crippen LogP) is 0.669. The van der Waals surface area contributed by atoms with Crippen molar-refractivity contribution in [3.05, 3.63) is 0 Å². The van der Waals surface area contributed by atoms with Crippen LogP contribution in [0.5, 0.6) is 0 Å². The molecule has 98 valence electrons. The number of rotatable bonds is 8. The van der Waals surface area contributed by atoms with Crippen LogP contribution in [0.25, 0.3) is 0 Å². The molecule has 1 amide bonds. The Balaban J connectivity index is 2.36. The molecule has 0 atom stereocenters. The van der Waals surface area contributed by atoms with Crippen LogP contribution < -0.4 is 5.73 Å². The average Bonchev–Trinajstić information content (AvgIpc) is 3.10. The Morgan fingerprint density at radius 1 is 1.35 bits per heavy atom. The second-order valence-corrected chi connectivity index (χ2v) is 4.30. The van der Waals surface area contributed by atoms with Gasteiger partial charge in [0.05, 0.1) is 6.61 Å². The van der Waals surface area contributed by atoms with Crippen molar-refractivity contribution in [2.75, 3.05) is 19.7 Å². The van der Waals surface area contributed by atoms with Crippen LogP contribution in [-0.2, 0) is 14.3 Å². The first kappa shape index (κ1) is 14.0. The summed E-state index contributed by atoms with van der Waals surface area (Å²) in [5, 5.41) is 0. The van der Waals surface area contributed by atoms with Gasteiger partial charge in [-0.25, -0.2) is 0 Å². The quantitative estimate of drug-likeness (QED) is 0.501. The Bertz CT molecular complexity index is 264. The summed E-state index contributed by atoms with van der Waals surface area (Å²) in [7, 11) is 0. The van der Waals surface area contributed by atoms with Gasteiger partial charge < -0.3 is 15.4 Å². The summed E-state index contributed by atoms with van der Waals surface area (Å²) in [4.78, 5) is 25.0. The first-order valence-electron chi connectivity index (χ1n) is 6.34. The van der Waals surface area contributed by atoms with Crippen LogP contribution in [0.15, 0.2) is 0 Å². The van der Waals surface area contributed by atoms with Crippen LogP contribution in [-0.4, -0.2) is 42.5 Å². The Morgan fingerprint density at radius 3 is 2.59 bits per heavy atom. The summed E-state index contributed by atoms with van der Waals surface area (Å²) in [6.45, 7) is 2.83. The number of carbonyl (C=O) groups is 2. The molecule has 0 aromatic rings. The third-order valence-corrected chi connectivity index (χ3v) is 2.76. The van der Waals surface area contributed by atoms with Gasteiger partial charge in [-0.3, -0.25) is 9.59 Å². The van der Waals surface area contributed by atoms with Crippen molar-refractivity contribution in [1.29, 1.82) is 0 Å². The minimum atomic E-state index is -0.313. The molecule has 0 unspecified atom stereocenters. The fourth-order valence-electron chi connectivity index (χ4n) is 1.72. The zero-order valence-corrected chi connectivity index (χ0v) is 10.5. The molecule has 0 heterocycles. The van der Waals surface area contributed by atoms with Gasteiger partial charge in [0.15, 0.2) is 0 Å². The van der Waals surface area contributed by atoms with Gasteiger partial charge in [-0.15, -0.1) is 0 Å². The highest BCUT2D eigenvalue weighted by Gasteiger charge is 2.33. The number of nitrogens with two attached hydrogens (primary N) is 1. The topological polar surface area (TPSA) is 72.6 Å². The zero-order valence-electron chi connectivity index (χ0n) is 10.5. The molecule has 5 heteroatoms. The number of ether oxygens (including phenoxy) is 1. The summed E-state index contributed by atoms with van der Waals surface area (Å²) in [5.41, 5.74) is 5.38. The van der Waals surface area contributed by atoms with Crippen LogP contribution in [0.3, 0.4) is 0 Å². The minimum Gasteiger partial charge on any atom is -0.465 e. The molecule has 0 saturated heterocycles. The number of amides is 1. The van der Waals surface area contributed by atoms with Crippen molar-refractivity contribution >= 4 is 11.9 Å². The SMILES string of the molecule is CCOC(=O)CN(C(=O)CCCCN)C1CC1. The van der Waals surface area contributed by atoms with E-state index in [1.807, 2.05) is 0 Å². The number of hydrogen-bond donors (Lipinski definition) is 1. The standard InChI is InChI=1S/C12H22N2O3/c1-2-17-12(16)9-14(10-6-7-10)11(15)5-3-4-8-13/h10H,2-9,13H2,1H3. The fraction of sp³-hybridized carbons (Fsp3) is 0.833. The summed E-state index contributed by atoms with van der Waals surface area (Å²) in [5.74, 6) is -0.263. The van der Waals surface area contributed by atoms with Crippen molar-refractivity contribution in [2.45, 2.75) is 45.1 Å². The van der Waals surface area contributed by atoms with E-state index < -0.39 is 0 Å². The van der Waals surface area contributed by atoms with E-state index >= 15 is 0 Å². The lowest BCUT2D eigenvalue weighted by Gasteiger charge is -2.21. The van der Waals surface area contributed by atoms with Crippen molar-refractivity contribution in [3.8, 4) is 0 Å². The van der Waals surface area contributed by atoms with Gasteiger partial charge in [-0.2, -0.15) is 0 Å². The number of carbonyl (C=O) groups excluding carboxylic acids is 2. The van der Waals surface area contributed by atoms with E-state index in [0.717, 1.165) is 25.7 Å². The van der Waals surface area contributed by atoms with Crippen LogP contribution in [0.1, 0.15) is 39.0 Å². The molecule has 0 spiro atoms. The van der Waals surface area contributed by atoms with Crippen LogP contribution in [0, 0.1) is 0 Å². The van der Waals surface area contributed by atoms with E-state index in [2.05, 4.69) is 0 Å². The first-order valence-corrected chi connectivity index (χ1v) is 6.34. The largest absolute Gasteiger partial charge is 0.465 e. The number of nitrogens with zero attached hydrogens (tertiary/aromatic N) is 1. The maximum absolute atomic E-state index is 11.9. The number of esters is 1. The van der Waals surface area contributed by atoms with E-state index in [0.29, 0.717) is 19.6 Å². The molecular weight excluding hydrogens is 220 g/mol. The molecule has 1 aliphatic carbocycles. The van der Waals surface area contributed by atoms with Crippen LogP contribution >= 0.6 is 0 Å². The molecule has 5 nitrogen and oxygen atoms in total. The molecule has 17 heavy (non-hydrogen) atoms. The fourth-order valence-corrected chi connectivity index (χ4v) is 1.72. The molecular formula is C12H22N2O3. The predicted molar refractivity (Wildman–Crippen MR) is 64.3 cm³/mol. The highest BCUT2D eigenvalue weighted by atomic mass is 16.5. The monoisotopic (exact) mass is 242 g/mol. The van der Waals surface area contributed by atoms with Crippen LogP contribution in [0.4, 0.5) is 0 Å². The normalized spacial score (nSPS) is 14.5. The summed E-state index contributed by atoms with van der Waals surface area (Å²) in [6, 6.07) is 0.254. The third-order valence-electron chi connectivity index (χ3n) is 2.76. The van der Waals surface area contributed by atoms with Gasteiger partial charge >= 0.3 is 5.97 Å². The maximum atomic E-state index is 11.9. The second kappa shape index (κ2) is 7.27. The number of hydrogen-bond acceptors (Lipinski definition) is 4. The van der Waals surface area contributed by atoms with Crippen molar-refractivity contribution < 1.29 is 14.3 Å². The van der Waals surface area contributed by atoms with Gasteiger partial charge in [0, 0.05) is 12.5 Å². The van der Waals surface area contributed by atoms with E-state index in [1.165, 1.54) is 0 Å². The molecule has 0 aliphatic heterocycles. The van der Waals surface area contributed by atoms with E-state index in [-0.39, 0.29) is 24.5 Å². The highest BCUT2D eigenvalue weighted by molar-refractivity contribution is 5.82. The molecule has 1 rings (SSSR count). The molecule has 1 saturated carbocycles. The van der Waals surface area contributed by atoms with Gasteiger partial charge in [0.1, 0.15) is 6.54 Å². The van der Waals surface area contributed by atoms with Gasteiger partial charge in [0.25, 0.3) is 0 Å². The lowest BCUT2D eigenvalue weighted by Crippen LogP contribution is -2.38. The van der Waals surface area contributed by atoms with Gasteiger partial charge in [-0.1, -0.05) is 0 Å². The third kappa shape index (κ3) is 5.17. The van der Waals surface area contributed by atoms with Crippen molar-refractivity contribution in [2.24, 2.45) is 5.73 Å². The zero-order chi connectivity index (χ0) is 12.7. The van der Waals surface area contributed by atoms with Crippen LogP contribution in [0.2, 0.25) is 0 Å². The maximum Gasteiger partial charge on any atom is 0.325 e. The van der Waals surface area contributed by atoms with E-state index in [9.17, 15) is 9.59 Å². The summed E-state index contributed by atoms with van der Waals surface area (Å²) in [6.07, 6.45) is 4.13. The van der Waals surface area contributed by atoms with Gasteiger partial charge in [-0.05, 0) is 39.2 Å². The van der Waals surface area contributed by atoms with E-state index in [1.54, 1.807) is 11.8 Å². The highest BCUT2D eigenvalue weighted by Crippen LogP contribution is 2.27. The summed E-state index contributed by atoms with van der Waals surface area (Å²) < 4.78 is 4.87. The van der Waals surface area contributed by atoms with Crippen molar-refractivity contribution in [1.82, 2.24) is 4.90 Å². The Hall–Kier alpha value is -1.10. The minimum absolute atomic E-state index is 0.0500. The van der Waals surface area contributed by atoms with E-state index in [4.69, 9.17) is 10.5 Å². The Labute approximate surface area is 102 Å². The summed E-state index contributed by atoms with van der Waals surface area (Å²) >= 11 is 0. The molecule has 0 radical (unpaired) electrons.